The van der Waals surface area contributed by atoms with Crippen LogP contribution in [0.1, 0.15) is 55.6 Å². The van der Waals surface area contributed by atoms with Gasteiger partial charge < -0.3 is 5.32 Å². The van der Waals surface area contributed by atoms with Crippen molar-refractivity contribution >= 4 is 22.6 Å². The second-order valence-electron chi connectivity index (χ2n) is 5.60. The van der Waals surface area contributed by atoms with Gasteiger partial charge in [0.25, 0.3) is 0 Å². The molecule has 0 bridgehead atoms. The number of fused-ring (bicyclic) bond motifs is 1. The van der Waals surface area contributed by atoms with E-state index < -0.39 is 0 Å². The molecule has 0 amide bonds. The zero-order chi connectivity index (χ0) is 13.3. The van der Waals surface area contributed by atoms with E-state index in [4.69, 9.17) is 0 Å². The lowest BCUT2D eigenvalue weighted by molar-refractivity contribution is 0.497. The molecular formula is C17H26IN. The van der Waals surface area contributed by atoms with Crippen molar-refractivity contribution in [3.8, 4) is 0 Å². The standard InChI is InChI=1S/C17H26IN/c18-12-5-1-2-6-13-19-14-16-10-7-9-15-8-3-4-11-17(15)16/h3-4,8,11,16,19H,1-2,5-7,9-10,12-14H2. The van der Waals surface area contributed by atoms with E-state index in [2.05, 4.69) is 52.2 Å². The molecule has 1 nitrogen and oxygen atoms in total. The van der Waals surface area contributed by atoms with Gasteiger partial charge in [-0.15, -0.1) is 0 Å². The second kappa shape index (κ2) is 8.96. The van der Waals surface area contributed by atoms with Crippen molar-refractivity contribution < 1.29 is 0 Å². The average molecular weight is 371 g/mol. The van der Waals surface area contributed by atoms with Gasteiger partial charge in [-0.1, -0.05) is 59.7 Å². The summed E-state index contributed by atoms with van der Waals surface area (Å²) in [6.07, 6.45) is 9.51. The van der Waals surface area contributed by atoms with Crippen LogP contribution in [0, 0.1) is 0 Å². The molecule has 1 aliphatic rings. The molecule has 1 unspecified atom stereocenters. The van der Waals surface area contributed by atoms with Crippen LogP contribution < -0.4 is 5.32 Å². The highest BCUT2D eigenvalue weighted by molar-refractivity contribution is 14.1. The summed E-state index contributed by atoms with van der Waals surface area (Å²) in [4.78, 5) is 0. The second-order valence-corrected chi connectivity index (χ2v) is 6.67. The Kier molecular flexibility index (Phi) is 7.21. The van der Waals surface area contributed by atoms with Gasteiger partial charge in [0, 0.05) is 6.54 Å². The lowest BCUT2D eigenvalue weighted by Crippen LogP contribution is -2.25. The van der Waals surface area contributed by atoms with Gasteiger partial charge in [-0.25, -0.2) is 0 Å². The smallest absolute Gasteiger partial charge is 0.00202 e. The predicted molar refractivity (Wildman–Crippen MR) is 92.3 cm³/mol. The fraction of sp³-hybridized carbons (Fsp3) is 0.647. The topological polar surface area (TPSA) is 12.0 Å². The van der Waals surface area contributed by atoms with Gasteiger partial charge in [-0.3, -0.25) is 0 Å². The van der Waals surface area contributed by atoms with Gasteiger partial charge in [-0.2, -0.15) is 0 Å². The number of rotatable bonds is 8. The largest absolute Gasteiger partial charge is 0.316 e. The molecule has 1 aromatic rings. The van der Waals surface area contributed by atoms with E-state index >= 15 is 0 Å². The number of alkyl halides is 1. The summed E-state index contributed by atoms with van der Waals surface area (Å²) in [6, 6.07) is 9.02. The van der Waals surface area contributed by atoms with Crippen LogP contribution in [0.3, 0.4) is 0 Å². The highest BCUT2D eigenvalue weighted by atomic mass is 127. The molecule has 1 atom stereocenters. The maximum Gasteiger partial charge on any atom is 0.00202 e. The van der Waals surface area contributed by atoms with Crippen LogP contribution in [0.25, 0.3) is 0 Å². The Morgan fingerprint density at radius 2 is 1.95 bits per heavy atom. The summed E-state index contributed by atoms with van der Waals surface area (Å²) in [6.45, 7) is 2.36. The molecule has 0 fully saturated rings. The lowest BCUT2D eigenvalue weighted by Gasteiger charge is -2.25. The van der Waals surface area contributed by atoms with Crippen molar-refractivity contribution in [1.29, 1.82) is 0 Å². The average Bonchev–Trinajstić information content (AvgIpc) is 2.46. The zero-order valence-corrected chi connectivity index (χ0v) is 14.0. The van der Waals surface area contributed by atoms with Crippen LogP contribution in [0.5, 0.6) is 0 Å². The van der Waals surface area contributed by atoms with Crippen LogP contribution in [0.4, 0.5) is 0 Å². The van der Waals surface area contributed by atoms with Gasteiger partial charge in [0.2, 0.25) is 0 Å². The molecule has 2 rings (SSSR count). The maximum atomic E-state index is 3.67. The number of nitrogens with one attached hydrogen (secondary N) is 1. The highest BCUT2D eigenvalue weighted by Crippen LogP contribution is 2.30. The molecule has 0 saturated carbocycles. The van der Waals surface area contributed by atoms with Gasteiger partial charge in [0.15, 0.2) is 0 Å². The molecule has 0 radical (unpaired) electrons. The molecule has 1 N–H and O–H groups in total. The van der Waals surface area contributed by atoms with Crippen LogP contribution in [-0.2, 0) is 6.42 Å². The van der Waals surface area contributed by atoms with Gasteiger partial charge >= 0.3 is 0 Å². The van der Waals surface area contributed by atoms with Crippen LogP contribution in [-0.4, -0.2) is 17.5 Å². The van der Waals surface area contributed by atoms with Crippen LogP contribution in [0.15, 0.2) is 24.3 Å². The van der Waals surface area contributed by atoms with Crippen molar-refractivity contribution in [2.45, 2.75) is 50.9 Å². The maximum absolute atomic E-state index is 3.67. The van der Waals surface area contributed by atoms with E-state index in [1.807, 2.05) is 0 Å². The van der Waals surface area contributed by atoms with Crippen LogP contribution in [0.2, 0.25) is 0 Å². The number of aryl methyl sites for hydroxylation is 1. The molecule has 0 heterocycles. The summed E-state index contributed by atoms with van der Waals surface area (Å²) in [5, 5.41) is 3.67. The Hall–Kier alpha value is -0.0900. The van der Waals surface area contributed by atoms with Crippen molar-refractivity contribution in [3.63, 3.8) is 0 Å². The Morgan fingerprint density at radius 1 is 1.11 bits per heavy atom. The van der Waals surface area contributed by atoms with E-state index in [0.29, 0.717) is 0 Å². The molecule has 1 aliphatic carbocycles. The van der Waals surface area contributed by atoms with E-state index in [9.17, 15) is 0 Å². The number of hydrogen-bond donors (Lipinski definition) is 1. The van der Waals surface area contributed by atoms with Gasteiger partial charge in [0.1, 0.15) is 0 Å². The zero-order valence-electron chi connectivity index (χ0n) is 11.8. The van der Waals surface area contributed by atoms with E-state index in [1.165, 1.54) is 62.5 Å². The number of unbranched alkanes of at least 4 members (excludes halogenated alkanes) is 3. The minimum Gasteiger partial charge on any atom is -0.316 e. The lowest BCUT2D eigenvalue weighted by atomic mass is 9.83. The molecule has 0 aromatic heterocycles. The molecule has 2 heteroatoms. The first-order valence-corrected chi connectivity index (χ1v) is 9.29. The first kappa shape index (κ1) is 15.3. The monoisotopic (exact) mass is 371 g/mol. The summed E-state index contributed by atoms with van der Waals surface area (Å²) in [7, 11) is 0. The summed E-state index contributed by atoms with van der Waals surface area (Å²) in [5.74, 6) is 0.749. The van der Waals surface area contributed by atoms with Crippen LogP contribution >= 0.6 is 22.6 Å². The quantitative estimate of drug-likeness (QED) is 0.397. The predicted octanol–water partition coefficient (Wildman–Crippen LogP) is 4.69. The molecule has 106 valence electrons. The summed E-state index contributed by atoms with van der Waals surface area (Å²) in [5.41, 5.74) is 3.19. The Labute approximate surface area is 131 Å². The Balaban J connectivity index is 1.67. The van der Waals surface area contributed by atoms with Gasteiger partial charge in [0.05, 0.1) is 0 Å². The first-order valence-electron chi connectivity index (χ1n) is 7.76. The fourth-order valence-corrected chi connectivity index (χ4v) is 3.58. The summed E-state index contributed by atoms with van der Waals surface area (Å²) >= 11 is 2.47. The fourth-order valence-electron chi connectivity index (χ4n) is 3.04. The molecule has 0 spiro atoms. The Morgan fingerprint density at radius 3 is 2.84 bits per heavy atom. The third-order valence-corrected chi connectivity index (χ3v) is 4.88. The minimum absolute atomic E-state index is 0.749. The highest BCUT2D eigenvalue weighted by Gasteiger charge is 2.18. The van der Waals surface area contributed by atoms with Crippen molar-refractivity contribution in [3.05, 3.63) is 35.4 Å². The molecule has 0 aliphatic heterocycles. The minimum atomic E-state index is 0.749. The van der Waals surface area contributed by atoms with Crippen molar-refractivity contribution in [1.82, 2.24) is 5.32 Å². The SMILES string of the molecule is ICCCCCCNCC1CCCc2ccccc21. The van der Waals surface area contributed by atoms with E-state index in [-0.39, 0.29) is 0 Å². The number of benzene rings is 1. The van der Waals surface area contributed by atoms with E-state index in [1.54, 1.807) is 11.1 Å². The molecular weight excluding hydrogens is 345 g/mol. The summed E-state index contributed by atoms with van der Waals surface area (Å²) < 4.78 is 1.31. The molecule has 1 aromatic carbocycles. The third-order valence-electron chi connectivity index (χ3n) is 4.12. The normalized spacial score (nSPS) is 18.3. The third kappa shape index (κ3) is 5.07. The first-order chi connectivity index (χ1) is 9.42. The molecule has 19 heavy (non-hydrogen) atoms. The van der Waals surface area contributed by atoms with E-state index in [0.717, 1.165) is 5.92 Å². The number of hydrogen-bond acceptors (Lipinski definition) is 1. The van der Waals surface area contributed by atoms with Crippen molar-refractivity contribution in [2.75, 3.05) is 17.5 Å². The van der Waals surface area contributed by atoms with Crippen molar-refractivity contribution in [2.24, 2.45) is 0 Å². The molecule has 0 saturated heterocycles. The Bertz CT molecular complexity index is 364. The number of halogens is 1. The van der Waals surface area contributed by atoms with Gasteiger partial charge in [-0.05, 0) is 60.1 Å².